The maximum atomic E-state index is 5.19. The van der Waals surface area contributed by atoms with E-state index in [-0.39, 0.29) is 0 Å². The Morgan fingerprint density at radius 3 is 2.21 bits per heavy atom. The molecule has 0 aliphatic carbocycles. The van der Waals surface area contributed by atoms with E-state index in [1.54, 1.807) is 7.11 Å². The molecule has 0 bridgehead atoms. The van der Waals surface area contributed by atoms with E-state index in [9.17, 15) is 0 Å². The largest absolute Gasteiger partial charge is 0.384 e. The molecular weight excluding hydrogens is 174 g/mol. The predicted molar refractivity (Wildman–Crippen MR) is 62.6 cm³/mol. The standard InChI is InChI=1S/C12H27NO/c1-6-11(7-2)13-9-8-12(3,4)10-14-5/h11,13H,6-10H2,1-5H3. The van der Waals surface area contributed by atoms with Crippen molar-refractivity contribution in [2.75, 3.05) is 20.3 Å². The second-order valence-electron chi connectivity index (χ2n) is 4.81. The second-order valence-corrected chi connectivity index (χ2v) is 4.81. The van der Waals surface area contributed by atoms with Gasteiger partial charge in [-0.2, -0.15) is 0 Å². The van der Waals surface area contributed by atoms with Crippen LogP contribution in [0, 0.1) is 5.41 Å². The van der Waals surface area contributed by atoms with E-state index in [0.717, 1.165) is 13.2 Å². The third kappa shape index (κ3) is 6.39. The highest BCUT2D eigenvalue weighted by Gasteiger charge is 2.17. The molecule has 0 aromatic heterocycles. The zero-order chi connectivity index (χ0) is 11.0. The zero-order valence-electron chi connectivity index (χ0n) is 10.5. The first kappa shape index (κ1) is 13.9. The van der Waals surface area contributed by atoms with Gasteiger partial charge in [-0.25, -0.2) is 0 Å². The van der Waals surface area contributed by atoms with Crippen molar-refractivity contribution in [2.24, 2.45) is 5.41 Å². The number of methoxy groups -OCH3 is 1. The predicted octanol–water partition coefficient (Wildman–Crippen LogP) is 2.83. The quantitative estimate of drug-likeness (QED) is 0.652. The lowest BCUT2D eigenvalue weighted by Gasteiger charge is -2.25. The van der Waals surface area contributed by atoms with Gasteiger partial charge in [-0.15, -0.1) is 0 Å². The molecule has 0 radical (unpaired) electrons. The minimum atomic E-state index is 0.299. The zero-order valence-corrected chi connectivity index (χ0v) is 10.5. The SMILES string of the molecule is CCC(CC)NCCC(C)(C)COC. The third-order valence-corrected chi connectivity index (χ3v) is 2.76. The van der Waals surface area contributed by atoms with Crippen LogP contribution in [-0.4, -0.2) is 26.3 Å². The molecular formula is C12H27NO. The van der Waals surface area contributed by atoms with Crippen LogP contribution in [0.15, 0.2) is 0 Å². The fraction of sp³-hybridized carbons (Fsp3) is 1.00. The van der Waals surface area contributed by atoms with Crippen molar-refractivity contribution in [2.45, 2.75) is 53.0 Å². The van der Waals surface area contributed by atoms with E-state index < -0.39 is 0 Å². The highest BCUT2D eigenvalue weighted by molar-refractivity contribution is 4.71. The van der Waals surface area contributed by atoms with Crippen molar-refractivity contribution < 1.29 is 4.74 Å². The van der Waals surface area contributed by atoms with Crippen LogP contribution in [0.25, 0.3) is 0 Å². The summed E-state index contributed by atoms with van der Waals surface area (Å²) in [7, 11) is 1.77. The third-order valence-electron chi connectivity index (χ3n) is 2.76. The van der Waals surface area contributed by atoms with Crippen LogP contribution in [0.3, 0.4) is 0 Å². The Kier molecular flexibility index (Phi) is 7.20. The molecule has 86 valence electrons. The Balaban J connectivity index is 3.60. The molecule has 14 heavy (non-hydrogen) atoms. The number of nitrogens with one attached hydrogen (secondary N) is 1. The van der Waals surface area contributed by atoms with Gasteiger partial charge >= 0.3 is 0 Å². The molecule has 0 aliphatic heterocycles. The van der Waals surface area contributed by atoms with E-state index in [4.69, 9.17) is 4.74 Å². The lowest BCUT2D eigenvalue weighted by atomic mass is 9.90. The summed E-state index contributed by atoms with van der Waals surface area (Å²) in [6, 6.07) is 0.688. The van der Waals surface area contributed by atoms with Gasteiger partial charge in [0.1, 0.15) is 0 Å². The average Bonchev–Trinajstić information content (AvgIpc) is 2.12. The normalized spacial score (nSPS) is 12.4. The van der Waals surface area contributed by atoms with Crippen LogP contribution in [-0.2, 0) is 4.74 Å². The van der Waals surface area contributed by atoms with Crippen LogP contribution < -0.4 is 5.32 Å². The summed E-state index contributed by atoms with van der Waals surface area (Å²) in [5.41, 5.74) is 0.299. The van der Waals surface area contributed by atoms with Crippen molar-refractivity contribution in [3.8, 4) is 0 Å². The van der Waals surface area contributed by atoms with Crippen molar-refractivity contribution in [3.63, 3.8) is 0 Å². The van der Waals surface area contributed by atoms with Crippen LogP contribution in [0.5, 0.6) is 0 Å². The molecule has 0 saturated carbocycles. The fourth-order valence-corrected chi connectivity index (χ4v) is 1.65. The van der Waals surface area contributed by atoms with Gasteiger partial charge in [0.05, 0.1) is 6.61 Å². The summed E-state index contributed by atoms with van der Waals surface area (Å²) < 4.78 is 5.19. The van der Waals surface area contributed by atoms with E-state index in [1.807, 2.05) is 0 Å². The van der Waals surface area contributed by atoms with E-state index in [0.29, 0.717) is 11.5 Å². The minimum absolute atomic E-state index is 0.299. The topological polar surface area (TPSA) is 21.3 Å². The lowest BCUT2D eigenvalue weighted by Crippen LogP contribution is -2.32. The molecule has 0 unspecified atom stereocenters. The van der Waals surface area contributed by atoms with Gasteiger partial charge in [-0.05, 0) is 31.2 Å². The van der Waals surface area contributed by atoms with Gasteiger partial charge in [-0.3, -0.25) is 0 Å². The monoisotopic (exact) mass is 201 g/mol. The molecule has 0 saturated heterocycles. The van der Waals surface area contributed by atoms with Gasteiger partial charge in [-0.1, -0.05) is 27.7 Å². The highest BCUT2D eigenvalue weighted by atomic mass is 16.5. The number of ether oxygens (including phenoxy) is 1. The maximum absolute atomic E-state index is 5.19. The van der Waals surface area contributed by atoms with Gasteiger partial charge in [0, 0.05) is 13.2 Å². The number of hydrogen-bond donors (Lipinski definition) is 1. The Morgan fingerprint density at radius 1 is 1.21 bits per heavy atom. The van der Waals surface area contributed by atoms with Crippen molar-refractivity contribution in [1.82, 2.24) is 5.32 Å². The van der Waals surface area contributed by atoms with Crippen LogP contribution >= 0.6 is 0 Å². The first-order valence-electron chi connectivity index (χ1n) is 5.78. The lowest BCUT2D eigenvalue weighted by molar-refractivity contribution is 0.0975. The molecule has 0 atom stereocenters. The molecule has 2 heteroatoms. The molecule has 0 rings (SSSR count). The molecule has 0 aromatic carbocycles. The summed E-state index contributed by atoms with van der Waals surface area (Å²) in [5.74, 6) is 0. The smallest absolute Gasteiger partial charge is 0.0513 e. The molecule has 0 spiro atoms. The second kappa shape index (κ2) is 7.24. The maximum Gasteiger partial charge on any atom is 0.0513 e. The first-order chi connectivity index (χ1) is 6.55. The molecule has 1 N–H and O–H groups in total. The van der Waals surface area contributed by atoms with Crippen molar-refractivity contribution in [1.29, 1.82) is 0 Å². The van der Waals surface area contributed by atoms with Crippen molar-refractivity contribution in [3.05, 3.63) is 0 Å². The summed E-state index contributed by atoms with van der Waals surface area (Å²) in [6.45, 7) is 10.9. The van der Waals surface area contributed by atoms with Crippen molar-refractivity contribution >= 4 is 0 Å². The minimum Gasteiger partial charge on any atom is -0.384 e. The van der Waals surface area contributed by atoms with E-state index in [2.05, 4.69) is 33.0 Å². The Hall–Kier alpha value is -0.0800. The first-order valence-corrected chi connectivity index (χ1v) is 5.78. The van der Waals surface area contributed by atoms with Crippen LogP contribution in [0.4, 0.5) is 0 Å². The highest BCUT2D eigenvalue weighted by Crippen LogP contribution is 2.19. The number of rotatable bonds is 8. The molecule has 0 aliphatic rings. The Labute approximate surface area is 89.4 Å². The molecule has 2 nitrogen and oxygen atoms in total. The summed E-state index contributed by atoms with van der Waals surface area (Å²) in [4.78, 5) is 0. The van der Waals surface area contributed by atoms with Crippen LogP contribution in [0.1, 0.15) is 47.0 Å². The molecule has 0 fully saturated rings. The van der Waals surface area contributed by atoms with Gasteiger partial charge in [0.25, 0.3) is 0 Å². The number of hydrogen-bond acceptors (Lipinski definition) is 2. The molecule has 0 aromatic rings. The molecule has 0 heterocycles. The summed E-state index contributed by atoms with van der Waals surface area (Å²) in [5, 5.41) is 3.58. The van der Waals surface area contributed by atoms with E-state index >= 15 is 0 Å². The van der Waals surface area contributed by atoms with Gasteiger partial charge in [0.15, 0.2) is 0 Å². The fourth-order valence-electron chi connectivity index (χ4n) is 1.65. The van der Waals surface area contributed by atoms with Gasteiger partial charge < -0.3 is 10.1 Å². The Morgan fingerprint density at radius 2 is 1.79 bits per heavy atom. The van der Waals surface area contributed by atoms with E-state index in [1.165, 1.54) is 19.3 Å². The average molecular weight is 201 g/mol. The Bertz CT molecular complexity index is 130. The van der Waals surface area contributed by atoms with Gasteiger partial charge in [0.2, 0.25) is 0 Å². The summed E-state index contributed by atoms with van der Waals surface area (Å²) >= 11 is 0. The molecule has 0 amide bonds. The summed E-state index contributed by atoms with van der Waals surface area (Å²) in [6.07, 6.45) is 3.62. The van der Waals surface area contributed by atoms with Crippen LogP contribution in [0.2, 0.25) is 0 Å².